The number of aromatic hydroxyl groups is 1. The van der Waals surface area contributed by atoms with Crippen molar-refractivity contribution in [2.45, 2.75) is 25.2 Å². The first-order valence-corrected chi connectivity index (χ1v) is 12.6. The van der Waals surface area contributed by atoms with Crippen LogP contribution in [0.4, 0.5) is 18.0 Å². The lowest BCUT2D eigenvalue weighted by atomic mass is 9.92. The molecule has 0 spiro atoms. The number of halogens is 3. The third-order valence-electron chi connectivity index (χ3n) is 6.79. The summed E-state index contributed by atoms with van der Waals surface area (Å²) in [6.07, 6.45) is -6.69. The van der Waals surface area contributed by atoms with Gasteiger partial charge in [-0.25, -0.2) is 9.59 Å². The molecule has 9 heteroatoms. The van der Waals surface area contributed by atoms with Crippen molar-refractivity contribution < 1.29 is 37.3 Å². The number of ether oxygens (including phenoxy) is 2. The van der Waals surface area contributed by atoms with Crippen molar-refractivity contribution in [3.05, 3.63) is 109 Å². The smallest absolute Gasteiger partial charge is 0.422 e. The molecule has 1 amide bonds. The summed E-state index contributed by atoms with van der Waals surface area (Å²) in [6.45, 7) is 0.208. The first kappa shape index (κ1) is 27.5. The van der Waals surface area contributed by atoms with Gasteiger partial charge in [-0.1, -0.05) is 91.0 Å². The van der Waals surface area contributed by atoms with Gasteiger partial charge < -0.3 is 14.6 Å². The van der Waals surface area contributed by atoms with Gasteiger partial charge in [0.2, 0.25) is 5.54 Å². The molecular formula is C32H24F3NO5. The van der Waals surface area contributed by atoms with Crippen molar-refractivity contribution in [1.82, 2.24) is 5.32 Å². The van der Waals surface area contributed by atoms with Gasteiger partial charge in [-0.2, -0.15) is 13.2 Å². The van der Waals surface area contributed by atoms with Gasteiger partial charge in [-0.3, -0.25) is 5.32 Å². The van der Waals surface area contributed by atoms with Crippen molar-refractivity contribution in [3.63, 3.8) is 0 Å². The minimum absolute atomic E-state index is 0.154. The predicted molar refractivity (Wildman–Crippen MR) is 148 cm³/mol. The molecule has 5 aromatic rings. The Bertz CT molecular complexity index is 1750. The third kappa shape index (κ3) is 5.38. The average molecular weight is 560 g/mol. The molecule has 5 aromatic carbocycles. The highest BCUT2D eigenvalue weighted by molar-refractivity contribution is 6.10. The lowest BCUT2D eigenvalue weighted by Crippen LogP contribution is -2.63. The number of carbonyl (C=O) groups excluding carboxylic acids is 2. The first-order chi connectivity index (χ1) is 19.6. The number of hydrogen-bond donors (Lipinski definition) is 2. The molecule has 0 radical (unpaired) electrons. The van der Waals surface area contributed by atoms with Crippen LogP contribution < -0.4 is 10.1 Å². The molecule has 208 valence electrons. The van der Waals surface area contributed by atoms with Crippen molar-refractivity contribution in [1.29, 1.82) is 0 Å². The Hall–Kier alpha value is -5.05. The highest BCUT2D eigenvalue weighted by Gasteiger charge is 2.60. The number of esters is 1. The molecule has 0 aliphatic heterocycles. The van der Waals surface area contributed by atoms with Crippen LogP contribution in [0.25, 0.3) is 32.7 Å². The van der Waals surface area contributed by atoms with Gasteiger partial charge in [0.25, 0.3) is 0 Å². The van der Waals surface area contributed by atoms with Crippen LogP contribution in [0.3, 0.4) is 0 Å². The zero-order valence-corrected chi connectivity index (χ0v) is 21.7. The Balaban J connectivity index is 1.55. The van der Waals surface area contributed by atoms with E-state index in [2.05, 4.69) is 0 Å². The number of phenolic OH excluding ortho intramolecular Hbond substituents is 1. The number of benzene rings is 5. The number of carbonyl (C=O) groups is 2. The molecule has 1 atom stereocenters. The fourth-order valence-corrected chi connectivity index (χ4v) is 4.52. The molecule has 2 N–H and O–H groups in total. The largest absolute Gasteiger partial charge is 0.507 e. The molecule has 0 saturated carbocycles. The Morgan fingerprint density at radius 2 is 1.32 bits per heavy atom. The van der Waals surface area contributed by atoms with Crippen LogP contribution in [0.2, 0.25) is 0 Å². The quantitative estimate of drug-likeness (QED) is 0.166. The predicted octanol–water partition coefficient (Wildman–Crippen LogP) is 7.52. The minimum Gasteiger partial charge on any atom is -0.507 e. The van der Waals surface area contributed by atoms with E-state index in [4.69, 9.17) is 9.47 Å². The number of phenols is 1. The van der Waals surface area contributed by atoms with Crippen LogP contribution in [0.1, 0.15) is 12.5 Å². The fourth-order valence-electron chi connectivity index (χ4n) is 4.52. The van der Waals surface area contributed by atoms with Crippen LogP contribution >= 0.6 is 0 Å². The Morgan fingerprint density at radius 1 is 0.756 bits per heavy atom. The number of fused-ring (bicyclic) bond motifs is 2. The number of alkyl halides is 3. The summed E-state index contributed by atoms with van der Waals surface area (Å²) >= 11 is 0. The highest BCUT2D eigenvalue weighted by Crippen LogP contribution is 2.45. The van der Waals surface area contributed by atoms with Crippen LogP contribution in [0, 0.1) is 0 Å². The normalized spacial score (nSPS) is 13.0. The molecule has 0 bridgehead atoms. The zero-order chi connectivity index (χ0) is 29.2. The van der Waals surface area contributed by atoms with Gasteiger partial charge in [0.15, 0.2) is 0 Å². The Morgan fingerprint density at radius 3 is 1.95 bits per heavy atom. The molecule has 1 unspecified atom stereocenters. The van der Waals surface area contributed by atoms with E-state index in [0.717, 1.165) is 5.39 Å². The molecule has 6 nitrogen and oxygen atoms in total. The molecule has 0 heterocycles. The molecule has 0 fully saturated rings. The summed E-state index contributed by atoms with van der Waals surface area (Å²) in [6, 6.07) is 28.6. The van der Waals surface area contributed by atoms with Crippen molar-refractivity contribution in [2.75, 3.05) is 0 Å². The summed E-state index contributed by atoms with van der Waals surface area (Å²) in [7, 11) is 0. The minimum atomic E-state index is -5.24. The van der Waals surface area contributed by atoms with Gasteiger partial charge in [0.05, 0.1) is 0 Å². The Kier molecular flexibility index (Phi) is 7.28. The number of nitrogens with one attached hydrogen (secondary N) is 1. The van der Waals surface area contributed by atoms with E-state index in [1.165, 1.54) is 12.1 Å². The van der Waals surface area contributed by atoms with Gasteiger partial charge in [-0.15, -0.1) is 0 Å². The maximum Gasteiger partial charge on any atom is 0.422 e. The van der Waals surface area contributed by atoms with E-state index in [1.54, 1.807) is 84.2 Å². The molecule has 0 saturated heterocycles. The van der Waals surface area contributed by atoms with E-state index in [9.17, 15) is 27.9 Å². The summed E-state index contributed by atoms with van der Waals surface area (Å²) in [5.41, 5.74) is -2.40. The summed E-state index contributed by atoms with van der Waals surface area (Å²) < 4.78 is 53.3. The highest BCUT2D eigenvalue weighted by atomic mass is 19.4. The molecular weight excluding hydrogens is 535 g/mol. The van der Waals surface area contributed by atoms with E-state index in [1.807, 2.05) is 12.1 Å². The topological polar surface area (TPSA) is 84.9 Å². The number of rotatable bonds is 6. The first-order valence-electron chi connectivity index (χ1n) is 12.6. The summed E-state index contributed by atoms with van der Waals surface area (Å²) in [4.78, 5) is 25.7. The van der Waals surface area contributed by atoms with E-state index < -0.39 is 23.8 Å². The number of hydrogen-bond acceptors (Lipinski definition) is 5. The molecule has 0 aliphatic rings. The third-order valence-corrected chi connectivity index (χ3v) is 6.79. The fraction of sp³-hybridized carbons (Fsp3) is 0.125. The van der Waals surface area contributed by atoms with Gasteiger partial charge >= 0.3 is 18.2 Å². The van der Waals surface area contributed by atoms with Crippen molar-refractivity contribution >= 4 is 33.6 Å². The summed E-state index contributed by atoms with van der Waals surface area (Å²) in [5, 5.41) is 15.2. The van der Waals surface area contributed by atoms with E-state index >= 15 is 0 Å². The maximum atomic E-state index is 14.3. The maximum absolute atomic E-state index is 14.3. The second-order valence-corrected chi connectivity index (χ2v) is 9.54. The van der Waals surface area contributed by atoms with Crippen molar-refractivity contribution in [2.24, 2.45) is 0 Å². The Labute approximate surface area is 232 Å². The van der Waals surface area contributed by atoms with Crippen LogP contribution in [0.5, 0.6) is 11.5 Å². The van der Waals surface area contributed by atoms with Crippen molar-refractivity contribution in [3.8, 4) is 22.6 Å². The van der Waals surface area contributed by atoms with E-state index in [0.29, 0.717) is 28.6 Å². The average Bonchev–Trinajstić information content (AvgIpc) is 2.96. The molecule has 5 rings (SSSR count). The van der Waals surface area contributed by atoms with Crippen LogP contribution in [-0.2, 0) is 16.1 Å². The summed E-state index contributed by atoms with van der Waals surface area (Å²) in [5.74, 6) is -2.16. The second-order valence-electron chi connectivity index (χ2n) is 9.54. The zero-order valence-electron chi connectivity index (χ0n) is 21.7. The number of alkyl carbamates (subject to hydrolysis) is 1. The van der Waals surface area contributed by atoms with Gasteiger partial charge in [0.1, 0.15) is 18.1 Å². The van der Waals surface area contributed by atoms with Gasteiger partial charge in [-0.05, 0) is 46.2 Å². The molecule has 0 aliphatic carbocycles. The SMILES string of the molecule is CC(NC(=O)OCc1ccccc1)(C(=O)Oc1ccc2ccccc2c1-c1c(O)ccc2ccccc12)C(F)(F)F. The number of amides is 1. The van der Waals surface area contributed by atoms with E-state index in [-0.39, 0.29) is 29.2 Å². The molecule has 41 heavy (non-hydrogen) atoms. The van der Waals surface area contributed by atoms with Crippen LogP contribution in [-0.4, -0.2) is 28.9 Å². The van der Waals surface area contributed by atoms with Crippen LogP contribution in [0.15, 0.2) is 103 Å². The standard InChI is InChI=1S/C32H24F3NO5/c1-31(32(33,34)35,36-30(39)40-19-20-9-3-2-4-10-20)29(38)41-26-18-16-22-12-6-8-14-24(22)28(26)27-23-13-7-5-11-21(23)15-17-25(27)37/h2-18,37H,19H2,1H3,(H,36,39). The van der Waals surface area contributed by atoms with Gasteiger partial charge in [0, 0.05) is 11.1 Å². The molecule has 0 aromatic heterocycles. The second kappa shape index (κ2) is 10.8. The monoisotopic (exact) mass is 559 g/mol. The lowest BCUT2D eigenvalue weighted by Gasteiger charge is -2.30. The lowest BCUT2D eigenvalue weighted by molar-refractivity contribution is -0.202.